The van der Waals surface area contributed by atoms with E-state index >= 15 is 0 Å². The number of aromatic hydroxyl groups is 3. The third kappa shape index (κ3) is 2.44. The molecule has 2 aromatic carbocycles. The van der Waals surface area contributed by atoms with Crippen molar-refractivity contribution >= 4 is 5.78 Å². The van der Waals surface area contributed by atoms with Crippen molar-refractivity contribution in [3.05, 3.63) is 47.5 Å². The van der Waals surface area contributed by atoms with Crippen molar-refractivity contribution in [3.63, 3.8) is 0 Å². The van der Waals surface area contributed by atoms with Crippen LogP contribution in [-0.4, -0.2) is 28.2 Å². The fourth-order valence-electron chi connectivity index (χ4n) is 1.69. The Kier molecular flexibility index (Phi) is 3.29. The summed E-state index contributed by atoms with van der Waals surface area (Å²) in [6, 6.07) is 8.00. The van der Waals surface area contributed by atoms with E-state index in [1.807, 2.05) is 0 Å². The van der Waals surface area contributed by atoms with E-state index < -0.39 is 5.78 Å². The molecule has 0 saturated carbocycles. The number of ketones is 1. The Bertz CT molecular complexity index is 593. The summed E-state index contributed by atoms with van der Waals surface area (Å²) in [6.07, 6.45) is 0. The van der Waals surface area contributed by atoms with Gasteiger partial charge in [0.15, 0.2) is 0 Å². The van der Waals surface area contributed by atoms with Crippen LogP contribution in [0.4, 0.5) is 0 Å². The zero-order valence-corrected chi connectivity index (χ0v) is 10.1. The average molecular weight is 260 g/mol. The molecule has 2 aromatic rings. The van der Waals surface area contributed by atoms with Crippen LogP contribution in [0.1, 0.15) is 15.9 Å². The van der Waals surface area contributed by atoms with Gasteiger partial charge < -0.3 is 20.1 Å². The van der Waals surface area contributed by atoms with Gasteiger partial charge in [-0.15, -0.1) is 0 Å². The number of hydrogen-bond donors (Lipinski definition) is 3. The third-order valence-corrected chi connectivity index (χ3v) is 2.66. The van der Waals surface area contributed by atoms with Gasteiger partial charge in [-0.05, 0) is 24.3 Å². The lowest BCUT2D eigenvalue weighted by Gasteiger charge is -2.09. The highest BCUT2D eigenvalue weighted by atomic mass is 16.5. The highest BCUT2D eigenvalue weighted by Gasteiger charge is 2.19. The molecule has 0 unspecified atom stereocenters. The standard InChI is InChI=1S/C14H12O5/c1-19-10-6-11(16)13(12(17)7-10)14(18)8-2-4-9(15)5-3-8/h2-7,15-17H,1H3. The monoisotopic (exact) mass is 260 g/mol. The predicted octanol–water partition coefficient (Wildman–Crippen LogP) is 2.04. The van der Waals surface area contributed by atoms with Crippen LogP contribution < -0.4 is 4.74 Å². The molecule has 0 atom stereocenters. The van der Waals surface area contributed by atoms with Gasteiger partial charge in [0.05, 0.1) is 7.11 Å². The van der Waals surface area contributed by atoms with Crippen LogP contribution in [0.15, 0.2) is 36.4 Å². The van der Waals surface area contributed by atoms with Crippen molar-refractivity contribution < 1.29 is 24.9 Å². The van der Waals surface area contributed by atoms with Crippen molar-refractivity contribution in [2.45, 2.75) is 0 Å². The molecular weight excluding hydrogens is 248 g/mol. The molecule has 0 radical (unpaired) electrons. The van der Waals surface area contributed by atoms with Crippen LogP contribution >= 0.6 is 0 Å². The second kappa shape index (κ2) is 4.89. The Balaban J connectivity index is 2.47. The molecule has 0 aromatic heterocycles. The van der Waals surface area contributed by atoms with Crippen LogP contribution in [0.5, 0.6) is 23.0 Å². The first-order chi connectivity index (χ1) is 9.02. The van der Waals surface area contributed by atoms with Gasteiger partial charge in [-0.1, -0.05) is 0 Å². The van der Waals surface area contributed by atoms with Crippen LogP contribution in [0.25, 0.3) is 0 Å². The summed E-state index contributed by atoms with van der Waals surface area (Å²) in [5.41, 5.74) is 0.0417. The smallest absolute Gasteiger partial charge is 0.200 e. The number of carbonyl (C=O) groups excluding carboxylic acids is 1. The maximum Gasteiger partial charge on any atom is 0.200 e. The number of phenolic OH excluding ortho intramolecular Hbond substituents is 3. The zero-order chi connectivity index (χ0) is 14.0. The molecule has 0 heterocycles. The van der Waals surface area contributed by atoms with Crippen molar-refractivity contribution in [1.82, 2.24) is 0 Å². The topological polar surface area (TPSA) is 87.0 Å². The lowest BCUT2D eigenvalue weighted by molar-refractivity contribution is 0.103. The molecule has 0 aliphatic rings. The highest BCUT2D eigenvalue weighted by Crippen LogP contribution is 2.34. The fraction of sp³-hybridized carbons (Fsp3) is 0.0714. The molecule has 5 heteroatoms. The number of ether oxygens (including phenoxy) is 1. The first-order valence-electron chi connectivity index (χ1n) is 5.46. The minimum absolute atomic E-state index is 0.0275. The summed E-state index contributed by atoms with van der Waals surface area (Å²) in [5.74, 6) is -1.00. The van der Waals surface area contributed by atoms with Crippen LogP contribution in [0, 0.1) is 0 Å². The Morgan fingerprint density at radius 2 is 1.53 bits per heavy atom. The van der Waals surface area contributed by atoms with Gasteiger partial charge in [0.1, 0.15) is 28.6 Å². The molecule has 98 valence electrons. The average Bonchev–Trinajstić information content (AvgIpc) is 2.38. The maximum absolute atomic E-state index is 12.2. The fourth-order valence-corrected chi connectivity index (χ4v) is 1.69. The predicted molar refractivity (Wildman–Crippen MR) is 67.9 cm³/mol. The van der Waals surface area contributed by atoms with Crippen molar-refractivity contribution in [3.8, 4) is 23.0 Å². The summed E-state index contributed by atoms with van der Waals surface area (Å²) in [6.45, 7) is 0. The number of methoxy groups -OCH3 is 1. The third-order valence-electron chi connectivity index (χ3n) is 2.66. The Hall–Kier alpha value is -2.69. The van der Waals surface area contributed by atoms with Crippen LogP contribution in [0.3, 0.4) is 0 Å². The second-order valence-corrected chi connectivity index (χ2v) is 3.92. The van der Waals surface area contributed by atoms with Gasteiger partial charge in [-0.2, -0.15) is 0 Å². The van der Waals surface area contributed by atoms with E-state index in [2.05, 4.69) is 0 Å². The summed E-state index contributed by atoms with van der Waals surface area (Å²) in [5, 5.41) is 28.7. The Morgan fingerprint density at radius 3 is 2.00 bits per heavy atom. The SMILES string of the molecule is COc1cc(O)c(C(=O)c2ccc(O)cc2)c(O)c1. The van der Waals surface area contributed by atoms with Gasteiger partial charge in [0.2, 0.25) is 5.78 Å². The molecule has 0 aliphatic carbocycles. The molecule has 5 nitrogen and oxygen atoms in total. The molecule has 0 spiro atoms. The summed E-state index contributed by atoms with van der Waals surface area (Å²) in [7, 11) is 1.38. The minimum atomic E-state index is -0.544. The normalized spacial score (nSPS) is 10.2. The first-order valence-corrected chi connectivity index (χ1v) is 5.46. The van der Waals surface area contributed by atoms with E-state index in [0.29, 0.717) is 0 Å². The number of rotatable bonds is 3. The Morgan fingerprint density at radius 1 is 1.00 bits per heavy atom. The largest absolute Gasteiger partial charge is 0.508 e. The molecule has 2 rings (SSSR count). The van der Waals surface area contributed by atoms with Gasteiger partial charge in [-0.3, -0.25) is 4.79 Å². The van der Waals surface area contributed by atoms with Gasteiger partial charge in [-0.25, -0.2) is 0 Å². The lowest BCUT2D eigenvalue weighted by Crippen LogP contribution is -2.02. The Labute approximate surface area is 109 Å². The zero-order valence-electron chi connectivity index (χ0n) is 10.1. The number of benzene rings is 2. The van der Waals surface area contributed by atoms with E-state index in [1.54, 1.807) is 0 Å². The van der Waals surface area contributed by atoms with E-state index in [1.165, 1.54) is 43.5 Å². The number of hydrogen-bond acceptors (Lipinski definition) is 5. The van der Waals surface area contributed by atoms with E-state index in [-0.39, 0.29) is 34.1 Å². The van der Waals surface area contributed by atoms with Gasteiger partial charge >= 0.3 is 0 Å². The highest BCUT2D eigenvalue weighted by molar-refractivity contribution is 6.12. The molecule has 0 fully saturated rings. The van der Waals surface area contributed by atoms with Gasteiger partial charge in [0.25, 0.3) is 0 Å². The minimum Gasteiger partial charge on any atom is -0.508 e. The van der Waals surface area contributed by atoms with E-state index in [0.717, 1.165) is 0 Å². The molecule has 3 N–H and O–H groups in total. The first kappa shape index (κ1) is 12.8. The molecule has 0 saturated heterocycles. The molecular formula is C14H12O5. The lowest BCUT2D eigenvalue weighted by atomic mass is 10.0. The van der Waals surface area contributed by atoms with Gasteiger partial charge in [0, 0.05) is 17.7 Å². The van der Waals surface area contributed by atoms with Crippen molar-refractivity contribution in [1.29, 1.82) is 0 Å². The van der Waals surface area contributed by atoms with Crippen LogP contribution in [-0.2, 0) is 0 Å². The number of carbonyl (C=O) groups is 1. The number of phenols is 3. The molecule has 0 bridgehead atoms. The summed E-state index contributed by atoms with van der Waals surface area (Å²) >= 11 is 0. The summed E-state index contributed by atoms with van der Waals surface area (Å²) in [4.78, 5) is 12.2. The van der Waals surface area contributed by atoms with Crippen molar-refractivity contribution in [2.24, 2.45) is 0 Å². The quantitative estimate of drug-likeness (QED) is 0.735. The second-order valence-electron chi connectivity index (χ2n) is 3.92. The van der Waals surface area contributed by atoms with E-state index in [4.69, 9.17) is 9.84 Å². The van der Waals surface area contributed by atoms with E-state index in [9.17, 15) is 15.0 Å². The van der Waals surface area contributed by atoms with Crippen LogP contribution in [0.2, 0.25) is 0 Å². The molecule has 0 aliphatic heterocycles. The molecule has 19 heavy (non-hydrogen) atoms. The molecule has 0 amide bonds. The van der Waals surface area contributed by atoms with Crippen molar-refractivity contribution in [2.75, 3.05) is 7.11 Å². The maximum atomic E-state index is 12.2. The summed E-state index contributed by atoms with van der Waals surface area (Å²) < 4.78 is 4.87.